The van der Waals surface area contributed by atoms with Gasteiger partial charge < -0.3 is 15.4 Å². The molecule has 0 radical (unpaired) electrons. The Morgan fingerprint density at radius 2 is 1.50 bits per heavy atom. The number of amides is 2. The molecular weight excluding hydrogens is 524 g/mol. The average Bonchev–Trinajstić information content (AvgIpc) is 2.82. The number of benzene rings is 3. The summed E-state index contributed by atoms with van der Waals surface area (Å²) in [6.07, 6.45) is -11.2. The third-order valence-electron chi connectivity index (χ3n) is 5.69. The number of methoxy groups -OCH3 is 1. The fraction of sp³-hybridized carbons (Fsp3) is 0.269. The van der Waals surface area contributed by atoms with Crippen LogP contribution >= 0.6 is 0 Å². The van der Waals surface area contributed by atoms with Crippen LogP contribution in [0.5, 0.6) is 5.75 Å². The Labute approximate surface area is 212 Å². The number of carbonyl (C=O) groups is 1. The molecule has 204 valence electrons. The van der Waals surface area contributed by atoms with Crippen LogP contribution in [-0.2, 0) is 18.1 Å². The van der Waals surface area contributed by atoms with Crippen LogP contribution in [0.15, 0.2) is 66.7 Å². The lowest BCUT2D eigenvalue weighted by Crippen LogP contribution is -2.52. The molecule has 0 heterocycles. The van der Waals surface area contributed by atoms with E-state index in [0.717, 1.165) is 31.4 Å². The Morgan fingerprint density at radius 1 is 0.842 bits per heavy atom. The molecule has 38 heavy (non-hydrogen) atoms. The molecule has 0 aromatic heterocycles. The van der Waals surface area contributed by atoms with Crippen LogP contribution < -0.4 is 15.4 Å². The fourth-order valence-electron chi connectivity index (χ4n) is 3.94. The quantitative estimate of drug-likeness (QED) is 0.308. The van der Waals surface area contributed by atoms with Crippen LogP contribution in [0.4, 0.5) is 39.9 Å². The van der Waals surface area contributed by atoms with Crippen molar-refractivity contribution in [1.82, 2.24) is 10.6 Å². The minimum atomic E-state index is -4.97. The normalized spacial score (nSPS) is 13.5. The lowest BCUT2D eigenvalue weighted by atomic mass is 9.77. The molecule has 1 atom stereocenters. The van der Waals surface area contributed by atoms with E-state index in [-0.39, 0.29) is 29.4 Å². The Kier molecular flexibility index (Phi) is 8.53. The number of carbonyl (C=O) groups excluding carboxylic acids is 1. The van der Waals surface area contributed by atoms with Gasteiger partial charge in [0, 0.05) is 13.0 Å². The zero-order valence-electron chi connectivity index (χ0n) is 19.8. The number of ether oxygens (including phenoxy) is 1. The Bertz CT molecular complexity index is 1260. The largest absolute Gasteiger partial charge is 0.494 e. The molecule has 0 aliphatic carbocycles. The summed E-state index contributed by atoms with van der Waals surface area (Å²) in [7, 11) is 1.14. The highest BCUT2D eigenvalue weighted by molar-refractivity contribution is 5.76. The van der Waals surface area contributed by atoms with Gasteiger partial charge in [-0.2, -0.15) is 26.3 Å². The lowest BCUT2D eigenvalue weighted by molar-refractivity contribution is -0.138. The van der Waals surface area contributed by atoms with Crippen LogP contribution in [0.2, 0.25) is 0 Å². The van der Waals surface area contributed by atoms with E-state index in [2.05, 4.69) is 5.32 Å². The maximum atomic E-state index is 14.6. The molecule has 0 saturated carbocycles. The number of alkyl halides is 6. The minimum absolute atomic E-state index is 0.00991. The van der Waals surface area contributed by atoms with Gasteiger partial charge in [0.05, 0.1) is 24.6 Å². The molecule has 12 heteroatoms. The van der Waals surface area contributed by atoms with Crippen molar-refractivity contribution in [2.24, 2.45) is 0 Å². The van der Waals surface area contributed by atoms with Gasteiger partial charge in [0.2, 0.25) is 0 Å². The van der Waals surface area contributed by atoms with Gasteiger partial charge >= 0.3 is 18.4 Å². The van der Waals surface area contributed by atoms with E-state index in [1.807, 2.05) is 5.32 Å². The number of hydrogen-bond donors (Lipinski definition) is 2. The van der Waals surface area contributed by atoms with Gasteiger partial charge in [0.25, 0.3) is 0 Å². The van der Waals surface area contributed by atoms with E-state index >= 15 is 0 Å². The highest BCUT2D eigenvalue weighted by Gasteiger charge is 2.40. The summed E-state index contributed by atoms with van der Waals surface area (Å²) < 4.78 is 113. The van der Waals surface area contributed by atoms with Gasteiger partial charge in [-0.3, -0.25) is 0 Å². The van der Waals surface area contributed by atoms with Crippen LogP contribution in [0.1, 0.15) is 28.7 Å². The van der Waals surface area contributed by atoms with Gasteiger partial charge in [-0.1, -0.05) is 36.4 Å². The molecule has 2 N–H and O–H groups in total. The topological polar surface area (TPSA) is 50.4 Å². The van der Waals surface area contributed by atoms with Gasteiger partial charge in [-0.15, -0.1) is 0 Å². The molecule has 0 aliphatic rings. The van der Waals surface area contributed by atoms with Gasteiger partial charge in [-0.05, 0) is 47.0 Å². The number of rotatable bonds is 8. The van der Waals surface area contributed by atoms with Gasteiger partial charge in [-0.25, -0.2) is 13.6 Å². The summed E-state index contributed by atoms with van der Waals surface area (Å²) >= 11 is 0. The first-order chi connectivity index (χ1) is 17.7. The first-order valence-corrected chi connectivity index (χ1v) is 11.1. The van der Waals surface area contributed by atoms with Crippen molar-refractivity contribution in [3.8, 4) is 5.75 Å². The summed E-state index contributed by atoms with van der Waals surface area (Å²) in [6.45, 7) is -0.833. The van der Waals surface area contributed by atoms with Crippen LogP contribution in [0.3, 0.4) is 0 Å². The Hall–Kier alpha value is -3.83. The van der Waals surface area contributed by atoms with E-state index in [1.165, 1.54) is 0 Å². The second kappa shape index (κ2) is 11.3. The van der Waals surface area contributed by atoms with E-state index in [4.69, 9.17) is 4.74 Å². The third kappa shape index (κ3) is 7.14. The monoisotopic (exact) mass is 546 g/mol. The van der Waals surface area contributed by atoms with E-state index in [9.17, 15) is 39.9 Å². The molecule has 3 rings (SSSR count). The Morgan fingerprint density at radius 3 is 2.11 bits per heavy atom. The smallest absolute Gasteiger partial charge is 0.416 e. The van der Waals surface area contributed by atoms with Crippen molar-refractivity contribution in [1.29, 1.82) is 0 Å². The van der Waals surface area contributed by atoms with Crippen molar-refractivity contribution in [2.75, 3.05) is 13.7 Å². The van der Waals surface area contributed by atoms with Crippen LogP contribution in [0.25, 0.3) is 0 Å². The van der Waals surface area contributed by atoms with Gasteiger partial charge in [0.1, 0.15) is 5.82 Å². The first kappa shape index (κ1) is 28.7. The second-order valence-electron chi connectivity index (χ2n) is 8.39. The Balaban J connectivity index is 2.25. The molecule has 0 spiro atoms. The minimum Gasteiger partial charge on any atom is -0.494 e. The zero-order chi connectivity index (χ0) is 28.1. The highest BCUT2D eigenvalue weighted by atomic mass is 19.4. The maximum absolute atomic E-state index is 14.6. The van der Waals surface area contributed by atoms with Crippen LogP contribution in [0, 0.1) is 11.6 Å². The van der Waals surface area contributed by atoms with E-state index in [0.29, 0.717) is 11.6 Å². The first-order valence-electron chi connectivity index (χ1n) is 11.1. The molecule has 3 aromatic rings. The molecule has 0 bridgehead atoms. The summed E-state index contributed by atoms with van der Waals surface area (Å²) in [4.78, 5) is 12.9. The molecule has 4 nitrogen and oxygen atoms in total. The van der Waals surface area contributed by atoms with E-state index in [1.54, 1.807) is 30.3 Å². The molecule has 1 unspecified atom stereocenters. The van der Waals surface area contributed by atoms with E-state index < -0.39 is 54.1 Å². The molecule has 0 saturated heterocycles. The lowest BCUT2D eigenvalue weighted by Gasteiger charge is -2.37. The molecule has 2 amide bonds. The molecular formula is C26H22F8N2O2. The predicted octanol–water partition coefficient (Wildman–Crippen LogP) is 6.73. The van der Waals surface area contributed by atoms with Crippen LogP contribution in [-0.4, -0.2) is 25.9 Å². The summed E-state index contributed by atoms with van der Waals surface area (Å²) in [5.41, 5.74) is -3.30. The third-order valence-corrected chi connectivity index (χ3v) is 5.69. The zero-order valence-corrected chi connectivity index (χ0v) is 19.8. The molecule has 0 fully saturated rings. The number of halogens is 8. The average molecular weight is 546 g/mol. The standard InChI is InChI=1S/C26H22F8N2O2/c1-38-22-14-17(7-8-21(22)28)24(15-16-5-3-2-4-6-16,36-23(37)35-10-9-25(29,30)31)18-11-19(26(32,33)34)13-20(27)12-18/h2-8,11-14H,9-10,15H2,1H3,(H2,35,36,37). The highest BCUT2D eigenvalue weighted by Crippen LogP contribution is 2.39. The maximum Gasteiger partial charge on any atom is 0.416 e. The van der Waals surface area contributed by atoms with Crippen molar-refractivity contribution < 1.29 is 44.7 Å². The fourth-order valence-corrected chi connectivity index (χ4v) is 3.94. The second-order valence-corrected chi connectivity index (χ2v) is 8.39. The SMILES string of the molecule is COc1cc(C(Cc2ccccc2)(NC(=O)NCCC(F)(F)F)c2cc(F)cc(C(F)(F)F)c2)ccc1F. The number of nitrogens with one attached hydrogen (secondary N) is 2. The number of urea groups is 1. The van der Waals surface area contributed by atoms with Crippen molar-refractivity contribution in [3.05, 3.63) is 101 Å². The summed E-state index contributed by atoms with van der Waals surface area (Å²) in [5, 5.41) is 4.47. The van der Waals surface area contributed by atoms with Crippen molar-refractivity contribution in [2.45, 2.75) is 30.7 Å². The van der Waals surface area contributed by atoms with Gasteiger partial charge in [0.15, 0.2) is 11.6 Å². The summed E-state index contributed by atoms with van der Waals surface area (Å²) in [6, 6.07) is 11.8. The predicted molar refractivity (Wildman–Crippen MR) is 122 cm³/mol. The summed E-state index contributed by atoms with van der Waals surface area (Å²) in [5.74, 6) is -2.43. The molecule has 0 aliphatic heterocycles. The van der Waals surface area contributed by atoms with Crippen molar-refractivity contribution >= 4 is 6.03 Å². The van der Waals surface area contributed by atoms with Crippen molar-refractivity contribution in [3.63, 3.8) is 0 Å². The molecule has 3 aromatic carbocycles. The number of hydrogen-bond acceptors (Lipinski definition) is 2.